The average molecular weight is 412 g/mol. The van der Waals surface area contributed by atoms with Crippen molar-refractivity contribution in [2.45, 2.75) is 11.6 Å². The summed E-state index contributed by atoms with van der Waals surface area (Å²) in [6, 6.07) is 11.7. The van der Waals surface area contributed by atoms with E-state index in [0.717, 1.165) is 5.56 Å². The van der Waals surface area contributed by atoms with Crippen molar-refractivity contribution < 1.29 is 13.6 Å². The summed E-state index contributed by atoms with van der Waals surface area (Å²) in [6.45, 7) is 0.305. The van der Waals surface area contributed by atoms with Gasteiger partial charge in [-0.3, -0.25) is 4.79 Å². The number of halogens is 2. The molecule has 2 aromatic heterocycles. The molecule has 0 bridgehead atoms. The first-order chi connectivity index (χ1) is 14.1. The summed E-state index contributed by atoms with van der Waals surface area (Å²) < 4.78 is 27.5. The number of fused-ring (bicyclic) bond motifs is 1. The van der Waals surface area contributed by atoms with E-state index in [2.05, 4.69) is 25.6 Å². The monoisotopic (exact) mass is 412 g/mol. The maximum absolute atomic E-state index is 13.1. The molecule has 146 valence electrons. The van der Waals surface area contributed by atoms with Crippen molar-refractivity contribution in [2.24, 2.45) is 0 Å². The number of benzene rings is 2. The van der Waals surface area contributed by atoms with Gasteiger partial charge in [-0.05, 0) is 42.0 Å². The fourth-order valence-electron chi connectivity index (χ4n) is 2.58. The van der Waals surface area contributed by atoms with Crippen molar-refractivity contribution in [1.82, 2.24) is 30.3 Å². The molecule has 0 aliphatic carbocycles. The number of thioether (sulfide) groups is 1. The minimum absolute atomic E-state index is 0.122. The van der Waals surface area contributed by atoms with Gasteiger partial charge in [0.2, 0.25) is 5.91 Å². The number of aromatic nitrogens is 5. The normalized spacial score (nSPS) is 11.0. The Balaban J connectivity index is 1.43. The Labute approximate surface area is 168 Å². The molecule has 0 unspecified atom stereocenters. The largest absolute Gasteiger partial charge is 0.351 e. The molecule has 4 aromatic rings. The van der Waals surface area contributed by atoms with E-state index in [4.69, 9.17) is 0 Å². The lowest BCUT2D eigenvalue weighted by Crippen LogP contribution is -2.24. The van der Waals surface area contributed by atoms with Gasteiger partial charge in [0, 0.05) is 6.54 Å². The zero-order chi connectivity index (χ0) is 20.2. The standard InChI is InChI=1S/C19H14F2N6OS/c20-13-3-1-12(2-4-13)9-22-16(28)10-29-19-17-18(23-11-24-19)27(26-25-17)15-7-5-14(21)6-8-15/h1-8,11H,9-10H2,(H,22,28). The van der Waals surface area contributed by atoms with E-state index >= 15 is 0 Å². The molecule has 1 N–H and O–H groups in total. The van der Waals surface area contributed by atoms with E-state index < -0.39 is 0 Å². The molecular weight excluding hydrogens is 398 g/mol. The third kappa shape index (κ3) is 4.37. The maximum Gasteiger partial charge on any atom is 0.230 e. The van der Waals surface area contributed by atoms with Crippen LogP contribution in [-0.4, -0.2) is 36.6 Å². The molecule has 0 aliphatic heterocycles. The highest BCUT2D eigenvalue weighted by molar-refractivity contribution is 8.00. The third-order valence-corrected chi connectivity index (χ3v) is 5.00. The van der Waals surface area contributed by atoms with Crippen LogP contribution in [-0.2, 0) is 11.3 Å². The van der Waals surface area contributed by atoms with E-state index in [1.807, 2.05) is 0 Å². The quantitative estimate of drug-likeness (QED) is 0.387. The first-order valence-corrected chi connectivity index (χ1v) is 9.55. The molecule has 0 fully saturated rings. The number of amides is 1. The second-order valence-corrected chi connectivity index (χ2v) is 6.98. The number of carbonyl (C=O) groups excluding carboxylic acids is 1. The van der Waals surface area contributed by atoms with E-state index in [-0.39, 0.29) is 23.3 Å². The van der Waals surface area contributed by atoms with Crippen LogP contribution in [0.1, 0.15) is 5.56 Å². The van der Waals surface area contributed by atoms with E-state index in [1.54, 1.807) is 24.3 Å². The lowest BCUT2D eigenvalue weighted by atomic mass is 10.2. The van der Waals surface area contributed by atoms with Crippen molar-refractivity contribution in [1.29, 1.82) is 0 Å². The molecule has 0 aliphatic rings. The second kappa shape index (κ2) is 8.31. The molecule has 0 saturated heterocycles. The van der Waals surface area contributed by atoms with Crippen LogP contribution < -0.4 is 5.32 Å². The van der Waals surface area contributed by atoms with Gasteiger partial charge in [-0.25, -0.2) is 18.7 Å². The van der Waals surface area contributed by atoms with Crippen LogP contribution in [0.15, 0.2) is 59.9 Å². The predicted octanol–water partition coefficient (Wildman–Crippen LogP) is 2.90. The van der Waals surface area contributed by atoms with Gasteiger partial charge in [0.25, 0.3) is 0 Å². The van der Waals surface area contributed by atoms with Crippen molar-refractivity contribution in [3.63, 3.8) is 0 Å². The smallest absolute Gasteiger partial charge is 0.230 e. The van der Waals surface area contributed by atoms with Gasteiger partial charge in [0.15, 0.2) is 11.2 Å². The van der Waals surface area contributed by atoms with Crippen LogP contribution >= 0.6 is 11.8 Å². The molecular formula is C19H14F2N6OS. The fourth-order valence-corrected chi connectivity index (χ4v) is 3.34. The SMILES string of the molecule is O=C(CSc1ncnc2c1nnn2-c1ccc(F)cc1)NCc1ccc(F)cc1. The Hall–Kier alpha value is -3.40. The van der Waals surface area contributed by atoms with Gasteiger partial charge >= 0.3 is 0 Å². The van der Waals surface area contributed by atoms with Crippen LogP contribution in [0.2, 0.25) is 0 Å². The Kier molecular flexibility index (Phi) is 5.43. The minimum Gasteiger partial charge on any atom is -0.351 e. The highest BCUT2D eigenvalue weighted by Gasteiger charge is 2.14. The van der Waals surface area contributed by atoms with E-state index in [0.29, 0.717) is 28.4 Å². The summed E-state index contributed by atoms with van der Waals surface area (Å²) in [5, 5.41) is 11.5. The molecule has 10 heteroatoms. The first-order valence-electron chi connectivity index (χ1n) is 8.56. The van der Waals surface area contributed by atoms with Gasteiger partial charge in [-0.2, -0.15) is 4.68 Å². The van der Waals surface area contributed by atoms with Crippen molar-refractivity contribution in [3.05, 3.63) is 72.1 Å². The molecule has 0 spiro atoms. The van der Waals surface area contributed by atoms with Gasteiger partial charge in [0.1, 0.15) is 23.0 Å². The summed E-state index contributed by atoms with van der Waals surface area (Å²) in [4.78, 5) is 20.5. The first kappa shape index (κ1) is 18.9. The molecule has 1 amide bonds. The zero-order valence-electron chi connectivity index (χ0n) is 14.9. The maximum atomic E-state index is 13.1. The number of carbonyl (C=O) groups is 1. The lowest BCUT2D eigenvalue weighted by Gasteiger charge is -2.05. The summed E-state index contributed by atoms with van der Waals surface area (Å²) in [7, 11) is 0. The summed E-state index contributed by atoms with van der Waals surface area (Å²) in [6.07, 6.45) is 1.37. The fraction of sp³-hybridized carbons (Fsp3) is 0.105. The van der Waals surface area contributed by atoms with Crippen LogP contribution in [0.25, 0.3) is 16.9 Å². The van der Waals surface area contributed by atoms with Crippen LogP contribution in [0.3, 0.4) is 0 Å². The molecule has 0 radical (unpaired) electrons. The van der Waals surface area contributed by atoms with Gasteiger partial charge in [-0.1, -0.05) is 29.1 Å². The van der Waals surface area contributed by atoms with Crippen LogP contribution in [0.5, 0.6) is 0 Å². The average Bonchev–Trinajstić information content (AvgIpc) is 3.17. The van der Waals surface area contributed by atoms with Gasteiger partial charge < -0.3 is 5.32 Å². The van der Waals surface area contributed by atoms with Gasteiger partial charge in [-0.15, -0.1) is 5.10 Å². The Morgan fingerprint density at radius 2 is 1.69 bits per heavy atom. The zero-order valence-corrected chi connectivity index (χ0v) is 15.7. The molecule has 2 heterocycles. The van der Waals surface area contributed by atoms with Crippen LogP contribution in [0, 0.1) is 11.6 Å². The number of hydrogen-bond acceptors (Lipinski definition) is 6. The minimum atomic E-state index is -0.351. The summed E-state index contributed by atoms with van der Waals surface area (Å²) in [5.74, 6) is -0.749. The number of nitrogens with zero attached hydrogens (tertiary/aromatic N) is 5. The van der Waals surface area contributed by atoms with Crippen molar-refractivity contribution >= 4 is 28.8 Å². The molecule has 2 aromatic carbocycles. The third-order valence-electron chi connectivity index (χ3n) is 4.02. The number of nitrogens with one attached hydrogen (secondary N) is 1. The highest BCUT2D eigenvalue weighted by atomic mass is 32.2. The molecule has 0 saturated carbocycles. The highest BCUT2D eigenvalue weighted by Crippen LogP contribution is 2.23. The molecule has 7 nitrogen and oxygen atoms in total. The summed E-state index contributed by atoms with van der Waals surface area (Å²) >= 11 is 1.21. The summed E-state index contributed by atoms with van der Waals surface area (Å²) in [5.41, 5.74) is 2.32. The lowest BCUT2D eigenvalue weighted by molar-refractivity contribution is -0.118. The Morgan fingerprint density at radius 3 is 2.41 bits per heavy atom. The van der Waals surface area contributed by atoms with E-state index in [1.165, 1.54) is 47.0 Å². The topological polar surface area (TPSA) is 85.6 Å². The predicted molar refractivity (Wildman–Crippen MR) is 103 cm³/mol. The van der Waals surface area contributed by atoms with Crippen LogP contribution in [0.4, 0.5) is 8.78 Å². The Bertz CT molecular complexity index is 1150. The number of rotatable bonds is 6. The Morgan fingerprint density at radius 1 is 1.00 bits per heavy atom. The van der Waals surface area contributed by atoms with Gasteiger partial charge in [0.05, 0.1) is 11.4 Å². The molecule has 29 heavy (non-hydrogen) atoms. The van der Waals surface area contributed by atoms with Crippen molar-refractivity contribution in [2.75, 3.05) is 5.75 Å². The number of hydrogen-bond donors (Lipinski definition) is 1. The van der Waals surface area contributed by atoms with E-state index in [9.17, 15) is 13.6 Å². The molecule has 4 rings (SSSR count). The second-order valence-electron chi connectivity index (χ2n) is 6.02. The van der Waals surface area contributed by atoms with Crippen molar-refractivity contribution in [3.8, 4) is 5.69 Å². The molecule has 0 atom stereocenters.